The molecule has 0 bridgehead atoms. The zero-order valence-electron chi connectivity index (χ0n) is 15.2. The molecule has 2 atom stereocenters. The number of rotatable bonds is 5. The fraction of sp³-hybridized carbons (Fsp3) is 0.381. The van der Waals surface area contributed by atoms with Gasteiger partial charge in [0.15, 0.2) is 5.78 Å². The van der Waals surface area contributed by atoms with Crippen LogP contribution >= 0.6 is 11.8 Å². The molecule has 1 unspecified atom stereocenters. The highest BCUT2D eigenvalue weighted by Crippen LogP contribution is 2.41. The maximum Gasteiger partial charge on any atom is 0.158 e. The van der Waals surface area contributed by atoms with E-state index in [0.29, 0.717) is 5.57 Å². The van der Waals surface area contributed by atoms with Crippen LogP contribution in [0, 0.1) is 17.2 Å². The molecule has 0 saturated heterocycles. The first-order valence-electron chi connectivity index (χ1n) is 8.56. The van der Waals surface area contributed by atoms with Crippen molar-refractivity contribution in [2.24, 2.45) is 10.9 Å². The second-order valence-electron chi connectivity index (χ2n) is 6.06. The Balaban J connectivity index is 2.51. The number of nitrogens with zero attached hydrogens (tertiary/aromatic N) is 2. The predicted molar refractivity (Wildman–Crippen MR) is 106 cm³/mol. The lowest BCUT2D eigenvalue weighted by Gasteiger charge is -2.29. The van der Waals surface area contributed by atoms with Crippen LogP contribution in [-0.4, -0.2) is 16.6 Å². The molecule has 25 heavy (non-hydrogen) atoms. The number of nitriles is 1. The fourth-order valence-electron chi connectivity index (χ4n) is 3.10. The number of carbonyl (C=O) groups excluding carboxylic acids is 1. The highest BCUT2D eigenvalue weighted by Gasteiger charge is 2.37. The van der Waals surface area contributed by atoms with Crippen molar-refractivity contribution in [3.05, 3.63) is 58.8 Å². The molecule has 0 aromatic heterocycles. The molecule has 1 aliphatic heterocycles. The standard InChI is InChI=1S/C21H24N2OS/c1-5-7-12-25-21-18(13-22)20(19(15(4)24)14(3)23-21)17-10-8-16(6-2)9-11-17/h5,7-11,18,20H,6,12H2,1-4H3/b7-5+/t18?,20-/m1/s1. The van der Waals surface area contributed by atoms with Gasteiger partial charge in [0.05, 0.1) is 11.1 Å². The Labute approximate surface area is 154 Å². The molecule has 0 radical (unpaired) electrons. The number of carbonyl (C=O) groups is 1. The first kappa shape index (κ1) is 19.2. The molecule has 0 amide bonds. The summed E-state index contributed by atoms with van der Waals surface area (Å²) in [6.45, 7) is 7.52. The molecular weight excluding hydrogens is 328 g/mol. The molecule has 0 aliphatic carbocycles. The van der Waals surface area contributed by atoms with Crippen LogP contribution in [0.3, 0.4) is 0 Å². The topological polar surface area (TPSA) is 53.2 Å². The summed E-state index contributed by atoms with van der Waals surface area (Å²) >= 11 is 1.57. The van der Waals surface area contributed by atoms with E-state index in [1.54, 1.807) is 18.7 Å². The zero-order valence-corrected chi connectivity index (χ0v) is 16.1. The summed E-state index contributed by atoms with van der Waals surface area (Å²) in [5.41, 5.74) is 3.64. The van der Waals surface area contributed by atoms with Crippen LogP contribution in [0.25, 0.3) is 0 Å². The van der Waals surface area contributed by atoms with E-state index in [4.69, 9.17) is 0 Å². The lowest BCUT2D eigenvalue weighted by atomic mass is 9.77. The summed E-state index contributed by atoms with van der Waals surface area (Å²) in [4.78, 5) is 16.9. The number of hydrogen-bond acceptors (Lipinski definition) is 4. The summed E-state index contributed by atoms with van der Waals surface area (Å²) in [6.07, 6.45) is 5.00. The van der Waals surface area contributed by atoms with Crippen molar-refractivity contribution in [3.8, 4) is 6.07 Å². The van der Waals surface area contributed by atoms with Gasteiger partial charge in [0.2, 0.25) is 0 Å². The van der Waals surface area contributed by atoms with Crippen molar-refractivity contribution in [1.82, 2.24) is 0 Å². The van der Waals surface area contributed by atoms with Crippen molar-refractivity contribution < 1.29 is 4.79 Å². The third-order valence-electron chi connectivity index (χ3n) is 4.41. The zero-order chi connectivity index (χ0) is 18.4. The van der Waals surface area contributed by atoms with Gasteiger partial charge in [-0.05, 0) is 38.3 Å². The van der Waals surface area contributed by atoms with Gasteiger partial charge < -0.3 is 0 Å². The molecule has 2 rings (SSSR count). The van der Waals surface area contributed by atoms with Crippen LogP contribution in [-0.2, 0) is 11.2 Å². The molecule has 1 aliphatic rings. The van der Waals surface area contributed by atoms with E-state index in [1.165, 1.54) is 5.56 Å². The maximum absolute atomic E-state index is 12.3. The number of ketones is 1. The molecule has 1 heterocycles. The van der Waals surface area contributed by atoms with Gasteiger partial charge in [0, 0.05) is 22.9 Å². The number of thioether (sulfide) groups is 1. The van der Waals surface area contributed by atoms with E-state index in [2.05, 4.69) is 30.1 Å². The van der Waals surface area contributed by atoms with Gasteiger partial charge in [-0.3, -0.25) is 4.79 Å². The first-order valence-corrected chi connectivity index (χ1v) is 9.54. The minimum Gasteiger partial charge on any atom is -0.295 e. The van der Waals surface area contributed by atoms with E-state index in [9.17, 15) is 10.1 Å². The molecule has 1 aromatic rings. The van der Waals surface area contributed by atoms with Crippen LogP contribution in [0.1, 0.15) is 44.7 Å². The summed E-state index contributed by atoms with van der Waals surface area (Å²) in [6, 6.07) is 10.6. The van der Waals surface area contributed by atoms with Crippen LogP contribution in [0.2, 0.25) is 0 Å². The predicted octanol–water partition coefficient (Wildman–Crippen LogP) is 5.06. The SMILES string of the molecule is C/C=C/CSC1=NC(C)=C(C(C)=O)[C@H](c2ccc(CC)cc2)C1C#N. The average Bonchev–Trinajstić information content (AvgIpc) is 2.61. The van der Waals surface area contributed by atoms with Crippen molar-refractivity contribution in [1.29, 1.82) is 5.26 Å². The van der Waals surface area contributed by atoms with Gasteiger partial charge in [0.1, 0.15) is 5.92 Å². The van der Waals surface area contributed by atoms with Crippen LogP contribution in [0.5, 0.6) is 0 Å². The van der Waals surface area contributed by atoms with E-state index in [-0.39, 0.29) is 11.7 Å². The molecule has 3 nitrogen and oxygen atoms in total. The second kappa shape index (κ2) is 8.82. The number of allylic oxidation sites excluding steroid dienone is 3. The van der Waals surface area contributed by atoms with Gasteiger partial charge >= 0.3 is 0 Å². The minimum absolute atomic E-state index is 0.0106. The van der Waals surface area contributed by atoms with E-state index < -0.39 is 5.92 Å². The molecule has 0 saturated carbocycles. The minimum atomic E-state index is -0.426. The van der Waals surface area contributed by atoms with Gasteiger partial charge in [0.25, 0.3) is 0 Å². The monoisotopic (exact) mass is 352 g/mol. The highest BCUT2D eigenvalue weighted by molar-refractivity contribution is 8.14. The fourth-order valence-corrected chi connectivity index (χ4v) is 4.13. The molecular formula is C21H24N2OS. The summed E-state index contributed by atoms with van der Waals surface area (Å²) in [7, 11) is 0. The normalized spacial score (nSPS) is 20.5. The van der Waals surface area contributed by atoms with Gasteiger partial charge in [-0.2, -0.15) is 5.26 Å². The number of Topliss-reactive ketones (excluding diaryl/α,β-unsaturated/α-hetero) is 1. The van der Waals surface area contributed by atoms with Crippen LogP contribution < -0.4 is 0 Å². The van der Waals surface area contributed by atoms with Crippen molar-refractivity contribution in [2.75, 3.05) is 5.75 Å². The Morgan fingerprint density at radius 1 is 1.36 bits per heavy atom. The summed E-state index contributed by atoms with van der Waals surface area (Å²) in [5, 5.41) is 10.6. The first-order chi connectivity index (χ1) is 12.0. The van der Waals surface area contributed by atoms with Crippen LogP contribution in [0.15, 0.2) is 52.7 Å². The van der Waals surface area contributed by atoms with E-state index in [0.717, 1.165) is 28.5 Å². The van der Waals surface area contributed by atoms with Crippen LogP contribution in [0.4, 0.5) is 0 Å². The number of hydrogen-bond donors (Lipinski definition) is 0. The maximum atomic E-state index is 12.3. The largest absolute Gasteiger partial charge is 0.295 e. The Bertz CT molecular complexity index is 766. The quantitative estimate of drug-likeness (QED) is 0.696. The summed E-state index contributed by atoms with van der Waals surface area (Å²) < 4.78 is 0. The lowest BCUT2D eigenvalue weighted by Crippen LogP contribution is -2.28. The highest BCUT2D eigenvalue weighted by atomic mass is 32.2. The molecule has 130 valence electrons. The molecule has 4 heteroatoms. The Morgan fingerprint density at radius 3 is 2.56 bits per heavy atom. The van der Waals surface area contributed by atoms with Crippen molar-refractivity contribution >= 4 is 22.6 Å². The number of benzene rings is 1. The third-order valence-corrected chi connectivity index (χ3v) is 5.41. The van der Waals surface area contributed by atoms with E-state index >= 15 is 0 Å². The Hall–Kier alpha value is -2.12. The van der Waals surface area contributed by atoms with Crippen molar-refractivity contribution in [2.45, 2.75) is 40.0 Å². The molecule has 1 aromatic carbocycles. The van der Waals surface area contributed by atoms with Crippen molar-refractivity contribution in [3.63, 3.8) is 0 Å². The van der Waals surface area contributed by atoms with Gasteiger partial charge in [-0.15, -0.1) is 11.8 Å². The average molecular weight is 353 g/mol. The number of aryl methyl sites for hydroxylation is 1. The summed E-state index contributed by atoms with van der Waals surface area (Å²) in [5.74, 6) is 0.0884. The Morgan fingerprint density at radius 2 is 2.04 bits per heavy atom. The van der Waals surface area contributed by atoms with Gasteiger partial charge in [-0.25, -0.2) is 4.99 Å². The third kappa shape index (κ3) is 4.29. The second-order valence-corrected chi connectivity index (χ2v) is 7.11. The molecule has 0 spiro atoms. The Kier molecular flexibility index (Phi) is 6.78. The molecule has 0 fully saturated rings. The van der Waals surface area contributed by atoms with Gasteiger partial charge in [-0.1, -0.05) is 43.3 Å². The lowest BCUT2D eigenvalue weighted by molar-refractivity contribution is -0.114. The van der Waals surface area contributed by atoms with E-state index in [1.807, 2.05) is 38.1 Å². The molecule has 0 N–H and O–H groups in total. The smallest absolute Gasteiger partial charge is 0.158 e. The number of aliphatic imine (C=N–C) groups is 1.